The molecule has 0 N–H and O–H groups in total. The molecule has 6 heteroatoms. The van der Waals surface area contributed by atoms with Crippen molar-refractivity contribution in [3.8, 4) is 0 Å². The first-order valence-corrected chi connectivity index (χ1v) is 6.72. The zero-order valence-electron chi connectivity index (χ0n) is 9.78. The molecular formula is C12H10Cl2N2OS. The zero-order valence-corrected chi connectivity index (χ0v) is 12.1. The number of halogens is 2. The molecule has 0 amide bonds. The lowest BCUT2D eigenvalue weighted by Crippen LogP contribution is -1.93. The summed E-state index contributed by atoms with van der Waals surface area (Å²) in [6.07, 6.45) is 0.814. The Balaban J connectivity index is 2.42. The summed E-state index contributed by atoms with van der Waals surface area (Å²) in [5, 5.41) is 6.13. The maximum Gasteiger partial charge on any atom is 0.154 e. The van der Waals surface area contributed by atoms with Crippen LogP contribution in [0.25, 0.3) is 0 Å². The van der Waals surface area contributed by atoms with Crippen LogP contribution in [0.1, 0.15) is 16.1 Å². The molecule has 0 aliphatic rings. The van der Waals surface area contributed by atoms with E-state index in [-0.39, 0.29) is 0 Å². The van der Waals surface area contributed by atoms with Crippen LogP contribution in [0.4, 0.5) is 0 Å². The lowest BCUT2D eigenvalue weighted by molar-refractivity contribution is 0.112. The summed E-state index contributed by atoms with van der Waals surface area (Å²) in [6.45, 7) is 1.80. The highest BCUT2D eigenvalue weighted by molar-refractivity contribution is 7.99. The summed E-state index contributed by atoms with van der Waals surface area (Å²) in [6, 6.07) is 5.26. The summed E-state index contributed by atoms with van der Waals surface area (Å²) in [4.78, 5) is 11.9. The van der Waals surface area contributed by atoms with E-state index in [0.29, 0.717) is 21.3 Å². The Morgan fingerprint density at radius 3 is 2.72 bits per heavy atom. The summed E-state index contributed by atoms with van der Waals surface area (Å²) < 4.78 is 1.68. The number of hydrogen-bond donors (Lipinski definition) is 0. The third kappa shape index (κ3) is 2.55. The van der Waals surface area contributed by atoms with E-state index in [9.17, 15) is 4.79 Å². The maximum absolute atomic E-state index is 11.1. The van der Waals surface area contributed by atoms with E-state index in [0.717, 1.165) is 16.2 Å². The molecule has 0 saturated carbocycles. The number of hydrogen-bond acceptors (Lipinski definition) is 3. The molecule has 0 aliphatic heterocycles. The molecule has 1 aromatic carbocycles. The molecule has 18 heavy (non-hydrogen) atoms. The average Bonchev–Trinajstić information content (AvgIpc) is 2.57. The van der Waals surface area contributed by atoms with E-state index in [1.807, 2.05) is 6.07 Å². The smallest absolute Gasteiger partial charge is 0.154 e. The molecule has 3 nitrogen and oxygen atoms in total. The third-order valence-electron chi connectivity index (χ3n) is 2.43. The van der Waals surface area contributed by atoms with Gasteiger partial charge in [0.05, 0.1) is 16.3 Å². The van der Waals surface area contributed by atoms with Gasteiger partial charge in [-0.05, 0) is 25.1 Å². The van der Waals surface area contributed by atoms with Crippen LogP contribution < -0.4 is 0 Å². The Hall–Kier alpha value is -0.970. The van der Waals surface area contributed by atoms with Crippen molar-refractivity contribution in [2.24, 2.45) is 7.05 Å². The fraction of sp³-hybridized carbons (Fsp3) is 0.167. The standard InChI is InChI=1S/C12H10Cl2N2OS/c1-7-9(6-17)12(16(2)15-7)18-11-4-3-8(13)5-10(11)14/h3-6H,1-2H3. The average molecular weight is 301 g/mol. The second kappa shape index (κ2) is 5.34. The number of carbonyl (C=O) groups excluding carboxylic acids is 1. The van der Waals surface area contributed by atoms with E-state index in [2.05, 4.69) is 5.10 Å². The highest BCUT2D eigenvalue weighted by atomic mass is 35.5. The van der Waals surface area contributed by atoms with Crippen LogP contribution in [0.2, 0.25) is 10.0 Å². The van der Waals surface area contributed by atoms with Crippen LogP contribution in [0, 0.1) is 6.92 Å². The van der Waals surface area contributed by atoms with Crippen molar-refractivity contribution >= 4 is 41.2 Å². The van der Waals surface area contributed by atoms with Gasteiger partial charge < -0.3 is 0 Å². The van der Waals surface area contributed by atoms with Crippen LogP contribution in [-0.2, 0) is 7.05 Å². The van der Waals surface area contributed by atoms with Gasteiger partial charge in [-0.2, -0.15) is 5.10 Å². The minimum Gasteiger partial charge on any atom is -0.298 e. The number of aldehydes is 1. The first-order valence-electron chi connectivity index (χ1n) is 5.14. The van der Waals surface area contributed by atoms with Crippen molar-refractivity contribution in [2.45, 2.75) is 16.8 Å². The summed E-state index contributed by atoms with van der Waals surface area (Å²) >= 11 is 13.4. The molecule has 0 fully saturated rings. The summed E-state index contributed by atoms with van der Waals surface area (Å²) in [5.74, 6) is 0. The number of benzene rings is 1. The number of rotatable bonds is 3. The molecule has 0 atom stereocenters. The number of nitrogens with zero attached hydrogens (tertiary/aromatic N) is 2. The van der Waals surface area contributed by atoms with Crippen molar-refractivity contribution in [3.63, 3.8) is 0 Å². The lowest BCUT2D eigenvalue weighted by Gasteiger charge is -2.05. The normalized spacial score (nSPS) is 10.7. The minimum atomic E-state index is 0.559. The van der Waals surface area contributed by atoms with Gasteiger partial charge >= 0.3 is 0 Å². The van der Waals surface area contributed by atoms with Crippen molar-refractivity contribution in [2.75, 3.05) is 0 Å². The Morgan fingerprint density at radius 2 is 2.11 bits per heavy atom. The molecule has 2 rings (SSSR count). The number of aromatic nitrogens is 2. The van der Waals surface area contributed by atoms with E-state index in [1.165, 1.54) is 11.8 Å². The van der Waals surface area contributed by atoms with E-state index in [4.69, 9.17) is 23.2 Å². The molecule has 94 valence electrons. The quantitative estimate of drug-likeness (QED) is 0.804. The van der Waals surface area contributed by atoms with Gasteiger partial charge in [0.25, 0.3) is 0 Å². The number of carbonyl (C=O) groups is 1. The summed E-state index contributed by atoms with van der Waals surface area (Å²) in [7, 11) is 1.80. The van der Waals surface area contributed by atoms with Crippen LogP contribution in [0.5, 0.6) is 0 Å². The molecule has 0 aliphatic carbocycles. The highest BCUT2D eigenvalue weighted by Gasteiger charge is 2.15. The molecular weight excluding hydrogens is 291 g/mol. The van der Waals surface area contributed by atoms with Crippen LogP contribution in [0.15, 0.2) is 28.1 Å². The molecule has 0 radical (unpaired) electrons. The third-order valence-corrected chi connectivity index (χ3v) is 4.35. The van der Waals surface area contributed by atoms with Gasteiger partial charge in [0.2, 0.25) is 0 Å². The first kappa shape index (κ1) is 13.5. The molecule has 0 spiro atoms. The SMILES string of the molecule is Cc1nn(C)c(Sc2ccc(Cl)cc2Cl)c1C=O. The highest BCUT2D eigenvalue weighted by Crippen LogP contribution is 2.36. The minimum absolute atomic E-state index is 0.559. The topological polar surface area (TPSA) is 34.9 Å². The molecule has 2 aromatic rings. The van der Waals surface area contributed by atoms with Gasteiger partial charge in [-0.15, -0.1) is 0 Å². The number of aryl methyl sites for hydroxylation is 2. The largest absolute Gasteiger partial charge is 0.298 e. The van der Waals surface area contributed by atoms with Gasteiger partial charge in [0.15, 0.2) is 6.29 Å². The predicted octanol–water partition coefficient (Wildman–Crippen LogP) is 4.00. The van der Waals surface area contributed by atoms with E-state index < -0.39 is 0 Å². The van der Waals surface area contributed by atoms with Crippen molar-refractivity contribution in [1.82, 2.24) is 9.78 Å². The second-order valence-corrected chi connectivity index (χ2v) is 5.60. The van der Waals surface area contributed by atoms with E-state index >= 15 is 0 Å². The predicted molar refractivity (Wildman–Crippen MR) is 73.9 cm³/mol. The van der Waals surface area contributed by atoms with E-state index in [1.54, 1.807) is 30.8 Å². The van der Waals surface area contributed by atoms with Crippen LogP contribution >= 0.6 is 35.0 Å². The Bertz CT molecular complexity index is 610. The molecule has 1 heterocycles. The van der Waals surface area contributed by atoms with Gasteiger partial charge in [-0.3, -0.25) is 9.48 Å². The zero-order chi connectivity index (χ0) is 13.3. The lowest BCUT2D eigenvalue weighted by atomic mass is 10.3. The van der Waals surface area contributed by atoms with Gasteiger partial charge in [0.1, 0.15) is 5.03 Å². The van der Waals surface area contributed by atoms with Gasteiger partial charge in [-0.1, -0.05) is 35.0 Å². The fourth-order valence-corrected chi connectivity index (χ4v) is 3.08. The molecule has 0 bridgehead atoms. The van der Waals surface area contributed by atoms with Crippen LogP contribution in [0.3, 0.4) is 0 Å². The first-order chi connectivity index (χ1) is 8.52. The Kier molecular flexibility index (Phi) is 4.00. The summed E-state index contributed by atoms with van der Waals surface area (Å²) in [5.41, 5.74) is 1.30. The molecule has 0 saturated heterocycles. The van der Waals surface area contributed by atoms with Crippen molar-refractivity contribution < 1.29 is 4.79 Å². The molecule has 0 unspecified atom stereocenters. The Labute approximate surface area is 119 Å². The van der Waals surface area contributed by atoms with Crippen molar-refractivity contribution in [3.05, 3.63) is 39.5 Å². The molecule has 1 aromatic heterocycles. The van der Waals surface area contributed by atoms with Crippen molar-refractivity contribution in [1.29, 1.82) is 0 Å². The van der Waals surface area contributed by atoms with Crippen LogP contribution in [-0.4, -0.2) is 16.1 Å². The maximum atomic E-state index is 11.1. The monoisotopic (exact) mass is 300 g/mol. The fourth-order valence-electron chi connectivity index (χ4n) is 1.57. The second-order valence-electron chi connectivity index (χ2n) is 3.72. The Morgan fingerprint density at radius 1 is 1.39 bits per heavy atom. The van der Waals surface area contributed by atoms with Gasteiger partial charge in [-0.25, -0.2) is 0 Å². The van der Waals surface area contributed by atoms with Gasteiger partial charge in [0, 0.05) is 17.0 Å².